The fourth-order valence-electron chi connectivity index (χ4n) is 2.34. The van der Waals surface area contributed by atoms with E-state index in [2.05, 4.69) is 10.3 Å². The number of aromatic nitrogens is 1. The molecule has 1 N–H and O–H groups in total. The molecular formula is C19H18N2O2S. The van der Waals surface area contributed by atoms with Gasteiger partial charge in [-0.1, -0.05) is 42.5 Å². The van der Waals surface area contributed by atoms with Crippen LogP contribution in [0.25, 0.3) is 0 Å². The Morgan fingerprint density at radius 1 is 1.08 bits per heavy atom. The summed E-state index contributed by atoms with van der Waals surface area (Å²) in [7, 11) is 1.66. The Hall–Kier alpha value is -2.66. The van der Waals surface area contributed by atoms with Gasteiger partial charge in [0.05, 0.1) is 13.5 Å². The van der Waals surface area contributed by atoms with Crippen molar-refractivity contribution in [2.45, 2.75) is 12.8 Å². The van der Waals surface area contributed by atoms with E-state index in [1.54, 1.807) is 7.11 Å². The van der Waals surface area contributed by atoms with Crippen LogP contribution in [0.3, 0.4) is 0 Å². The van der Waals surface area contributed by atoms with Crippen LogP contribution in [0.15, 0.2) is 60.8 Å². The smallest absolute Gasteiger partial charge is 0.230 e. The standard InChI is InChI=1S/C19H18N2O2S/c1-23-16-9-7-15(8-10-16)11-17-13-20-19(24-17)21-18(22)12-14-5-3-2-4-6-14/h2-10,13H,11-12H2,1H3,(H,20,21,22). The Balaban J connectivity index is 1.57. The first kappa shape index (κ1) is 16.2. The highest BCUT2D eigenvalue weighted by Gasteiger charge is 2.08. The van der Waals surface area contributed by atoms with Gasteiger partial charge in [0, 0.05) is 17.5 Å². The van der Waals surface area contributed by atoms with Crippen molar-refractivity contribution in [3.63, 3.8) is 0 Å². The lowest BCUT2D eigenvalue weighted by molar-refractivity contribution is -0.115. The zero-order chi connectivity index (χ0) is 16.8. The minimum atomic E-state index is -0.0495. The number of ether oxygens (including phenoxy) is 1. The van der Waals surface area contributed by atoms with Crippen molar-refractivity contribution in [2.24, 2.45) is 0 Å². The minimum absolute atomic E-state index is 0.0495. The normalized spacial score (nSPS) is 10.4. The van der Waals surface area contributed by atoms with Gasteiger partial charge in [0.1, 0.15) is 5.75 Å². The van der Waals surface area contributed by atoms with Gasteiger partial charge in [-0.05, 0) is 23.3 Å². The van der Waals surface area contributed by atoms with E-state index in [0.29, 0.717) is 11.6 Å². The molecular weight excluding hydrogens is 320 g/mol. The Morgan fingerprint density at radius 3 is 2.54 bits per heavy atom. The van der Waals surface area contributed by atoms with Gasteiger partial charge in [-0.15, -0.1) is 11.3 Å². The van der Waals surface area contributed by atoms with Crippen LogP contribution < -0.4 is 10.1 Å². The quantitative estimate of drug-likeness (QED) is 0.741. The molecule has 0 atom stereocenters. The average molecular weight is 338 g/mol. The fourth-order valence-corrected chi connectivity index (χ4v) is 3.20. The van der Waals surface area contributed by atoms with Crippen molar-refractivity contribution in [3.05, 3.63) is 76.8 Å². The Kier molecular flexibility index (Phi) is 5.23. The van der Waals surface area contributed by atoms with Crippen LogP contribution in [0.2, 0.25) is 0 Å². The number of hydrogen-bond donors (Lipinski definition) is 1. The minimum Gasteiger partial charge on any atom is -0.497 e. The SMILES string of the molecule is COc1ccc(Cc2cnc(NC(=O)Cc3ccccc3)s2)cc1. The summed E-state index contributed by atoms with van der Waals surface area (Å²) in [6, 6.07) is 17.6. The summed E-state index contributed by atoms with van der Waals surface area (Å²) < 4.78 is 5.16. The third-order valence-corrected chi connectivity index (χ3v) is 4.46. The van der Waals surface area contributed by atoms with Gasteiger partial charge in [0.2, 0.25) is 5.91 Å². The molecule has 5 heteroatoms. The van der Waals surface area contributed by atoms with E-state index >= 15 is 0 Å². The predicted octanol–water partition coefficient (Wildman–Crippen LogP) is 3.92. The molecule has 0 aliphatic rings. The molecule has 0 radical (unpaired) electrons. The maximum absolute atomic E-state index is 12.1. The predicted molar refractivity (Wildman–Crippen MR) is 96.7 cm³/mol. The number of hydrogen-bond acceptors (Lipinski definition) is 4. The second-order valence-corrected chi connectivity index (χ2v) is 6.48. The molecule has 0 unspecified atom stereocenters. The summed E-state index contributed by atoms with van der Waals surface area (Å²) in [5.41, 5.74) is 2.17. The van der Waals surface area contributed by atoms with Crippen molar-refractivity contribution in [2.75, 3.05) is 12.4 Å². The van der Waals surface area contributed by atoms with Crippen molar-refractivity contribution >= 4 is 22.4 Å². The first-order valence-corrected chi connectivity index (χ1v) is 8.46. The molecule has 3 rings (SSSR count). The molecule has 0 spiro atoms. The third-order valence-electron chi connectivity index (χ3n) is 3.54. The van der Waals surface area contributed by atoms with Gasteiger partial charge < -0.3 is 10.1 Å². The molecule has 0 fully saturated rings. The van der Waals surface area contributed by atoms with E-state index in [1.165, 1.54) is 16.9 Å². The number of nitrogens with zero attached hydrogens (tertiary/aromatic N) is 1. The summed E-state index contributed by atoms with van der Waals surface area (Å²) in [6.07, 6.45) is 2.96. The zero-order valence-corrected chi connectivity index (χ0v) is 14.2. The molecule has 122 valence electrons. The molecule has 3 aromatic rings. The molecule has 0 saturated carbocycles. The Bertz CT molecular complexity index is 798. The topological polar surface area (TPSA) is 51.2 Å². The molecule has 1 heterocycles. The van der Waals surface area contributed by atoms with Crippen LogP contribution in [0.1, 0.15) is 16.0 Å². The summed E-state index contributed by atoms with van der Waals surface area (Å²) in [5, 5.41) is 3.50. The van der Waals surface area contributed by atoms with E-state index in [1.807, 2.05) is 60.8 Å². The van der Waals surface area contributed by atoms with E-state index < -0.39 is 0 Å². The van der Waals surface area contributed by atoms with Crippen molar-refractivity contribution in [3.8, 4) is 5.75 Å². The third kappa shape index (κ3) is 4.43. The summed E-state index contributed by atoms with van der Waals surface area (Å²) in [5.74, 6) is 0.795. The molecule has 24 heavy (non-hydrogen) atoms. The van der Waals surface area contributed by atoms with E-state index in [0.717, 1.165) is 22.6 Å². The first-order valence-electron chi connectivity index (χ1n) is 7.64. The van der Waals surface area contributed by atoms with Gasteiger partial charge in [0.15, 0.2) is 5.13 Å². The van der Waals surface area contributed by atoms with Crippen molar-refractivity contribution < 1.29 is 9.53 Å². The van der Waals surface area contributed by atoms with Crippen LogP contribution in [-0.2, 0) is 17.6 Å². The Morgan fingerprint density at radius 2 is 1.83 bits per heavy atom. The lowest BCUT2D eigenvalue weighted by atomic mass is 10.1. The van der Waals surface area contributed by atoms with Crippen LogP contribution in [0.5, 0.6) is 5.75 Å². The molecule has 4 nitrogen and oxygen atoms in total. The van der Waals surface area contributed by atoms with Gasteiger partial charge in [0.25, 0.3) is 0 Å². The highest BCUT2D eigenvalue weighted by molar-refractivity contribution is 7.15. The highest BCUT2D eigenvalue weighted by Crippen LogP contribution is 2.22. The molecule has 2 aromatic carbocycles. The Labute approximate surface area is 145 Å². The van der Waals surface area contributed by atoms with Crippen LogP contribution in [0.4, 0.5) is 5.13 Å². The number of benzene rings is 2. The lowest BCUT2D eigenvalue weighted by Gasteiger charge is -2.02. The van der Waals surface area contributed by atoms with E-state index in [4.69, 9.17) is 4.74 Å². The van der Waals surface area contributed by atoms with Crippen LogP contribution >= 0.6 is 11.3 Å². The van der Waals surface area contributed by atoms with Gasteiger partial charge in [-0.25, -0.2) is 4.98 Å². The summed E-state index contributed by atoms with van der Waals surface area (Å²) in [4.78, 5) is 17.5. The molecule has 0 bridgehead atoms. The average Bonchev–Trinajstić information content (AvgIpc) is 3.03. The number of rotatable bonds is 6. The molecule has 1 amide bonds. The highest BCUT2D eigenvalue weighted by atomic mass is 32.1. The second kappa shape index (κ2) is 7.75. The van der Waals surface area contributed by atoms with Crippen molar-refractivity contribution in [1.82, 2.24) is 4.98 Å². The maximum atomic E-state index is 12.1. The molecule has 0 aliphatic carbocycles. The van der Waals surface area contributed by atoms with E-state index in [9.17, 15) is 4.79 Å². The lowest BCUT2D eigenvalue weighted by Crippen LogP contribution is -2.13. The number of methoxy groups -OCH3 is 1. The number of anilines is 1. The van der Waals surface area contributed by atoms with Gasteiger partial charge in [-0.3, -0.25) is 4.79 Å². The number of carbonyl (C=O) groups is 1. The number of nitrogens with one attached hydrogen (secondary N) is 1. The van der Waals surface area contributed by atoms with Crippen molar-refractivity contribution in [1.29, 1.82) is 0 Å². The van der Waals surface area contributed by atoms with Crippen LogP contribution in [0, 0.1) is 0 Å². The summed E-state index contributed by atoms with van der Waals surface area (Å²) in [6.45, 7) is 0. The van der Waals surface area contributed by atoms with E-state index in [-0.39, 0.29) is 5.91 Å². The van der Waals surface area contributed by atoms with Gasteiger partial charge in [-0.2, -0.15) is 0 Å². The largest absolute Gasteiger partial charge is 0.497 e. The fraction of sp³-hybridized carbons (Fsp3) is 0.158. The number of amides is 1. The maximum Gasteiger partial charge on any atom is 0.230 e. The van der Waals surface area contributed by atoms with Crippen LogP contribution in [-0.4, -0.2) is 18.0 Å². The molecule has 0 saturated heterocycles. The number of carbonyl (C=O) groups excluding carboxylic acids is 1. The zero-order valence-electron chi connectivity index (χ0n) is 13.4. The molecule has 0 aliphatic heterocycles. The molecule has 1 aromatic heterocycles. The monoisotopic (exact) mass is 338 g/mol. The summed E-state index contributed by atoms with van der Waals surface area (Å²) >= 11 is 1.50. The van der Waals surface area contributed by atoms with Gasteiger partial charge >= 0.3 is 0 Å². The first-order chi connectivity index (χ1) is 11.7. The second-order valence-electron chi connectivity index (χ2n) is 5.37. The number of thiazole rings is 1.